The first-order valence-electron chi connectivity index (χ1n) is 18.8. The number of nitrogens with zero attached hydrogens (tertiary/aromatic N) is 3. The van der Waals surface area contributed by atoms with Crippen LogP contribution in [0.5, 0.6) is 11.5 Å². The van der Waals surface area contributed by atoms with E-state index >= 15 is 0 Å². The first kappa shape index (κ1) is 40.3. The van der Waals surface area contributed by atoms with E-state index in [4.69, 9.17) is 28.0 Å². The summed E-state index contributed by atoms with van der Waals surface area (Å²) in [6, 6.07) is 29.4. The smallest absolute Gasteiger partial charge is 0.330 e. The Balaban J connectivity index is 1.50. The van der Waals surface area contributed by atoms with Gasteiger partial charge in [0.1, 0.15) is 35.0 Å². The lowest BCUT2D eigenvalue weighted by Crippen LogP contribution is -2.51. The quantitative estimate of drug-likeness (QED) is 0.0662. The second kappa shape index (κ2) is 17.6. The number of hydrogen-bond acceptors (Lipinski definition) is 10. The third kappa shape index (κ3) is 8.29. The third-order valence-corrected chi connectivity index (χ3v) is 12.6. The summed E-state index contributed by atoms with van der Waals surface area (Å²) in [5, 5.41) is 9.40. The van der Waals surface area contributed by atoms with E-state index in [0.29, 0.717) is 24.3 Å². The fraction of sp³-hybridized carbons (Fsp3) is 0.452. The number of ether oxygens (including phenoxy) is 4. The van der Waals surface area contributed by atoms with Crippen LogP contribution in [-0.4, -0.2) is 65.4 Å². The summed E-state index contributed by atoms with van der Waals surface area (Å²) in [6.45, 7) is 8.65. The molecule has 1 N–H and O–H groups in total. The van der Waals surface area contributed by atoms with Gasteiger partial charge in [-0.2, -0.15) is 5.26 Å². The number of fused-ring (bicyclic) bond motifs is 2. The zero-order chi connectivity index (χ0) is 39.2. The Morgan fingerprint density at radius 3 is 2.07 bits per heavy atom. The molecule has 12 nitrogen and oxygen atoms in total. The predicted molar refractivity (Wildman–Crippen MR) is 210 cm³/mol. The molecule has 0 spiro atoms. The maximum atomic E-state index is 13.4. The average molecular weight is 771 g/mol. The van der Waals surface area contributed by atoms with Crippen LogP contribution in [0.3, 0.4) is 0 Å². The number of hydrogen-bond donors (Lipinski definition) is 1. The Labute approximate surface area is 323 Å². The minimum Gasteiger partial charge on any atom is -0.497 e. The van der Waals surface area contributed by atoms with Crippen LogP contribution in [0.25, 0.3) is 0 Å². The number of H-pyrrole nitrogens is 1. The Morgan fingerprint density at radius 1 is 0.927 bits per heavy atom. The number of nitriles is 1. The van der Waals surface area contributed by atoms with Crippen molar-refractivity contribution in [3.05, 3.63) is 129 Å². The number of aromatic nitrogens is 2. The monoisotopic (exact) mass is 770 g/mol. The van der Waals surface area contributed by atoms with Gasteiger partial charge in [0.2, 0.25) is 0 Å². The van der Waals surface area contributed by atoms with Crippen molar-refractivity contribution in [2.45, 2.75) is 89.0 Å². The molecule has 1 unspecified atom stereocenters. The lowest BCUT2D eigenvalue weighted by atomic mass is 9.77. The van der Waals surface area contributed by atoms with Gasteiger partial charge in [0.05, 0.1) is 39.9 Å². The predicted octanol–water partition coefficient (Wildman–Crippen LogP) is 7.29. The van der Waals surface area contributed by atoms with E-state index in [1.54, 1.807) is 14.2 Å². The van der Waals surface area contributed by atoms with Crippen molar-refractivity contribution in [1.29, 1.82) is 5.26 Å². The van der Waals surface area contributed by atoms with Gasteiger partial charge in [-0.1, -0.05) is 54.6 Å². The Kier molecular flexibility index (Phi) is 12.9. The van der Waals surface area contributed by atoms with Crippen LogP contribution in [0.1, 0.15) is 76.3 Å². The van der Waals surface area contributed by atoms with Gasteiger partial charge in [-0.05, 0) is 87.9 Å². The minimum absolute atomic E-state index is 0.0658. The molecule has 2 heterocycles. The zero-order valence-electron chi connectivity index (χ0n) is 32.3. The molecule has 55 heavy (non-hydrogen) atoms. The van der Waals surface area contributed by atoms with E-state index in [9.17, 15) is 14.9 Å². The summed E-state index contributed by atoms with van der Waals surface area (Å²) in [4.78, 5) is 27.9. The summed E-state index contributed by atoms with van der Waals surface area (Å²) >= 11 is 0. The molecular weight excluding hydrogens is 719 g/mol. The average Bonchev–Trinajstić information content (AvgIpc) is 3.33. The fourth-order valence-electron chi connectivity index (χ4n) is 8.02. The fourth-order valence-corrected chi connectivity index (χ4v) is 9.86. The van der Waals surface area contributed by atoms with Crippen LogP contribution in [0.15, 0.2) is 101 Å². The molecule has 4 aromatic rings. The molecule has 1 saturated heterocycles. The lowest BCUT2D eigenvalue weighted by Gasteiger charge is -2.45. The summed E-state index contributed by atoms with van der Waals surface area (Å²) in [5.41, 5.74) is -0.618. The van der Waals surface area contributed by atoms with Gasteiger partial charge < -0.3 is 28.0 Å². The highest BCUT2D eigenvalue weighted by molar-refractivity contribution is 7.44. The van der Waals surface area contributed by atoms with Gasteiger partial charge in [0, 0.05) is 30.3 Å². The highest BCUT2D eigenvalue weighted by Crippen LogP contribution is 2.58. The standard InChI is InChI=1S/C42H51N4O8P/c1-29(2)46(30(3)4)55(52-27-11-25-43)54-38-36-14-10-24-41(38,53-39(36)45-26-23-37(47)44-40(45)48)28-51-42(31-12-8-7-9-13-31,32-15-19-34(49-5)20-16-32)33-17-21-35(50-6)22-18-33/h7-9,12-13,15-23,26,29-30,36,38-39H,10-11,14,24,27-28H2,1-6H3,(H,44,47,48)/t36-,38+,39-,41-,55?/m1/s1. The highest BCUT2D eigenvalue weighted by Gasteiger charge is 2.61. The number of benzene rings is 3. The Morgan fingerprint density at radius 2 is 1.53 bits per heavy atom. The molecule has 6 rings (SSSR count). The first-order chi connectivity index (χ1) is 26.6. The summed E-state index contributed by atoms with van der Waals surface area (Å²) in [5.74, 6) is 1.13. The molecule has 1 aromatic heterocycles. The van der Waals surface area contributed by atoms with E-state index in [-0.39, 0.29) is 37.6 Å². The van der Waals surface area contributed by atoms with Gasteiger partial charge in [0.25, 0.3) is 14.1 Å². The largest absolute Gasteiger partial charge is 0.497 e. The van der Waals surface area contributed by atoms with Crippen LogP contribution < -0.4 is 20.7 Å². The number of aromatic amines is 1. The molecule has 1 saturated carbocycles. The third-order valence-electron chi connectivity index (χ3n) is 10.5. The maximum Gasteiger partial charge on any atom is 0.330 e. The van der Waals surface area contributed by atoms with E-state index in [1.165, 1.54) is 16.8 Å². The van der Waals surface area contributed by atoms with Gasteiger partial charge >= 0.3 is 5.69 Å². The van der Waals surface area contributed by atoms with E-state index in [1.807, 2.05) is 78.9 Å². The molecule has 3 aromatic carbocycles. The van der Waals surface area contributed by atoms with Crippen molar-refractivity contribution in [2.75, 3.05) is 27.4 Å². The molecule has 0 amide bonds. The second-order valence-corrected chi connectivity index (χ2v) is 15.9. The lowest BCUT2D eigenvalue weighted by molar-refractivity contribution is -0.161. The molecule has 2 bridgehead atoms. The van der Waals surface area contributed by atoms with Crippen LogP contribution in [0.4, 0.5) is 0 Å². The van der Waals surface area contributed by atoms with Gasteiger partial charge in [-0.25, -0.2) is 9.46 Å². The van der Waals surface area contributed by atoms with Crippen molar-refractivity contribution in [3.8, 4) is 17.6 Å². The van der Waals surface area contributed by atoms with E-state index in [2.05, 4.69) is 43.4 Å². The zero-order valence-corrected chi connectivity index (χ0v) is 33.2. The molecule has 13 heteroatoms. The van der Waals surface area contributed by atoms with Crippen LogP contribution >= 0.6 is 8.53 Å². The number of nitrogens with one attached hydrogen (secondary N) is 1. The van der Waals surface area contributed by atoms with Crippen LogP contribution in [0.2, 0.25) is 0 Å². The molecule has 0 radical (unpaired) electrons. The molecular formula is C42H51N4O8P. The van der Waals surface area contributed by atoms with Crippen molar-refractivity contribution in [1.82, 2.24) is 14.2 Å². The van der Waals surface area contributed by atoms with Crippen molar-refractivity contribution in [3.63, 3.8) is 0 Å². The van der Waals surface area contributed by atoms with Crippen LogP contribution in [0, 0.1) is 17.2 Å². The molecule has 1 aliphatic heterocycles. The first-order valence-corrected chi connectivity index (χ1v) is 19.9. The molecule has 2 aliphatic rings. The number of methoxy groups -OCH3 is 2. The van der Waals surface area contributed by atoms with Crippen molar-refractivity contribution < 1.29 is 28.0 Å². The second-order valence-electron chi connectivity index (χ2n) is 14.5. The Hall–Kier alpha value is -4.34. The topological polar surface area (TPSA) is 137 Å². The summed E-state index contributed by atoms with van der Waals surface area (Å²) < 4.78 is 43.0. The van der Waals surface area contributed by atoms with Crippen LogP contribution in [-0.2, 0) is 24.1 Å². The summed E-state index contributed by atoms with van der Waals surface area (Å²) in [6.07, 6.45) is 2.43. The summed E-state index contributed by atoms with van der Waals surface area (Å²) in [7, 11) is 1.58. The van der Waals surface area contributed by atoms with Gasteiger partial charge in [-0.3, -0.25) is 14.3 Å². The van der Waals surface area contributed by atoms with Gasteiger partial charge in [0.15, 0.2) is 0 Å². The van der Waals surface area contributed by atoms with Crippen molar-refractivity contribution in [2.24, 2.45) is 5.92 Å². The molecule has 292 valence electrons. The van der Waals surface area contributed by atoms with E-state index < -0.39 is 43.3 Å². The molecule has 5 atom stereocenters. The number of rotatable bonds is 17. The van der Waals surface area contributed by atoms with Crippen molar-refractivity contribution >= 4 is 8.53 Å². The Bertz CT molecular complexity index is 1960. The minimum atomic E-state index is -1.69. The highest BCUT2D eigenvalue weighted by atomic mass is 31.2. The maximum absolute atomic E-state index is 13.4. The van der Waals surface area contributed by atoms with Gasteiger partial charge in [-0.15, -0.1) is 0 Å². The normalized spacial score (nSPS) is 21.5. The molecule has 2 fully saturated rings. The van der Waals surface area contributed by atoms with E-state index in [0.717, 1.165) is 23.1 Å². The SMILES string of the molecule is COc1ccc(C(OC[C@@]23CCC[C@@H]([C@H](n4ccc(=O)[nH]c4=O)O2)[C@@H]3OP(OCCC#N)N(C(C)C)C(C)C)(c2ccccc2)c2ccc(OC)cc2)cc1. The molecule has 1 aliphatic carbocycles.